The number of carbonyl (C=O) groups excluding carboxylic acids is 1. The topological polar surface area (TPSA) is 62.4 Å². The molecule has 0 unspecified atom stereocenters. The van der Waals surface area contributed by atoms with Gasteiger partial charge >= 0.3 is 6.09 Å². The van der Waals surface area contributed by atoms with Crippen molar-refractivity contribution < 1.29 is 13.9 Å². The summed E-state index contributed by atoms with van der Waals surface area (Å²) < 4.78 is 19.2. The summed E-state index contributed by atoms with van der Waals surface area (Å²) in [6.07, 6.45) is -0.682. The minimum atomic E-state index is -0.682. The highest BCUT2D eigenvalue weighted by atomic mass is 19.1. The van der Waals surface area contributed by atoms with E-state index in [0.29, 0.717) is 6.54 Å². The first-order valence-corrected chi connectivity index (χ1v) is 7.66. The Kier molecular flexibility index (Phi) is 5.76. The monoisotopic (exact) mass is 331 g/mol. The second-order valence-corrected chi connectivity index (χ2v) is 6.29. The van der Waals surface area contributed by atoms with Crippen molar-refractivity contribution in [2.45, 2.75) is 32.9 Å². The minimum Gasteiger partial charge on any atom is -0.444 e. The molecule has 0 aliphatic rings. The zero-order chi connectivity index (χ0) is 17.6. The average Bonchev–Trinajstić information content (AvgIpc) is 2.49. The van der Waals surface area contributed by atoms with Crippen LogP contribution in [0.4, 0.5) is 20.6 Å². The number of amides is 1. The Balaban J connectivity index is 1.88. The van der Waals surface area contributed by atoms with Crippen molar-refractivity contribution in [2.75, 3.05) is 10.7 Å². The van der Waals surface area contributed by atoms with E-state index in [1.807, 2.05) is 30.3 Å². The van der Waals surface area contributed by atoms with Crippen molar-refractivity contribution >= 4 is 17.5 Å². The van der Waals surface area contributed by atoms with Crippen molar-refractivity contribution in [3.05, 3.63) is 59.9 Å². The predicted molar refractivity (Wildman–Crippen MR) is 93.2 cm³/mol. The fraction of sp³-hybridized carbons (Fsp3) is 0.278. The van der Waals surface area contributed by atoms with Gasteiger partial charge in [0.25, 0.3) is 0 Å². The number of carbonyl (C=O) groups is 1. The Morgan fingerprint density at radius 3 is 2.46 bits per heavy atom. The zero-order valence-corrected chi connectivity index (χ0v) is 14.0. The van der Waals surface area contributed by atoms with Crippen LogP contribution < -0.4 is 16.2 Å². The molecule has 0 bridgehead atoms. The Bertz CT molecular complexity index is 684. The number of hydrazine groups is 1. The molecule has 0 fully saturated rings. The lowest BCUT2D eigenvalue weighted by molar-refractivity contribution is 0.0635. The molecule has 24 heavy (non-hydrogen) atoms. The molecule has 6 heteroatoms. The first kappa shape index (κ1) is 17.7. The minimum absolute atomic E-state index is 0.0871. The number of hydrogen-bond acceptors (Lipinski definition) is 4. The van der Waals surface area contributed by atoms with Crippen LogP contribution in [0.2, 0.25) is 0 Å². The normalized spacial score (nSPS) is 11.0. The number of nitrogens with one attached hydrogen (secondary N) is 3. The maximum absolute atomic E-state index is 14.1. The molecule has 0 radical (unpaired) electrons. The van der Waals surface area contributed by atoms with Crippen molar-refractivity contribution in [3.8, 4) is 0 Å². The van der Waals surface area contributed by atoms with Gasteiger partial charge in [-0.2, -0.15) is 0 Å². The molecule has 0 spiro atoms. The quantitative estimate of drug-likeness (QED) is 0.715. The first-order chi connectivity index (χ1) is 11.3. The largest absolute Gasteiger partial charge is 0.444 e. The number of rotatable bonds is 5. The van der Waals surface area contributed by atoms with Crippen molar-refractivity contribution in [1.82, 2.24) is 5.43 Å². The van der Waals surface area contributed by atoms with Crippen LogP contribution in [0.25, 0.3) is 0 Å². The third-order valence-corrected chi connectivity index (χ3v) is 2.97. The van der Waals surface area contributed by atoms with Gasteiger partial charge in [-0.15, -0.1) is 0 Å². The zero-order valence-electron chi connectivity index (χ0n) is 14.0. The molecule has 0 heterocycles. The van der Waals surface area contributed by atoms with E-state index in [-0.39, 0.29) is 5.69 Å². The second kappa shape index (κ2) is 7.79. The summed E-state index contributed by atoms with van der Waals surface area (Å²) in [6, 6.07) is 14.2. The number of hydrogen-bond donors (Lipinski definition) is 3. The van der Waals surface area contributed by atoms with Crippen LogP contribution in [0, 0.1) is 5.82 Å². The van der Waals surface area contributed by atoms with Gasteiger partial charge in [0.1, 0.15) is 11.4 Å². The summed E-state index contributed by atoms with van der Waals surface area (Å²) in [5.41, 5.74) is 7.15. The summed E-state index contributed by atoms with van der Waals surface area (Å²) in [5, 5.41) is 2.40. The third kappa shape index (κ3) is 5.89. The lowest BCUT2D eigenvalue weighted by Crippen LogP contribution is -2.27. The average molecular weight is 331 g/mol. The van der Waals surface area contributed by atoms with Crippen LogP contribution >= 0.6 is 0 Å². The van der Waals surface area contributed by atoms with Gasteiger partial charge in [-0.25, -0.2) is 14.6 Å². The molecule has 0 saturated carbocycles. The van der Waals surface area contributed by atoms with Gasteiger partial charge in [-0.3, -0.25) is 5.32 Å². The molecule has 0 saturated heterocycles. The lowest BCUT2D eigenvalue weighted by Gasteiger charge is -2.20. The summed E-state index contributed by atoms with van der Waals surface area (Å²) in [6.45, 7) is 5.67. The molecular weight excluding hydrogens is 309 g/mol. The fourth-order valence-corrected chi connectivity index (χ4v) is 1.95. The summed E-state index contributed by atoms with van der Waals surface area (Å²) in [5.74, 6) is -0.514. The number of benzene rings is 2. The van der Waals surface area contributed by atoms with Gasteiger partial charge in [0.05, 0.1) is 5.69 Å². The maximum atomic E-state index is 14.1. The van der Waals surface area contributed by atoms with E-state index < -0.39 is 17.5 Å². The van der Waals surface area contributed by atoms with E-state index in [1.54, 1.807) is 26.8 Å². The summed E-state index contributed by atoms with van der Waals surface area (Å²) >= 11 is 0. The van der Waals surface area contributed by atoms with E-state index in [4.69, 9.17) is 4.74 Å². The number of halogens is 1. The van der Waals surface area contributed by atoms with E-state index in [2.05, 4.69) is 16.2 Å². The molecule has 2 aromatic carbocycles. The van der Waals surface area contributed by atoms with Crippen LogP contribution in [-0.4, -0.2) is 11.7 Å². The Morgan fingerprint density at radius 2 is 1.83 bits per heavy atom. The third-order valence-electron chi connectivity index (χ3n) is 2.97. The van der Waals surface area contributed by atoms with Gasteiger partial charge in [0.2, 0.25) is 0 Å². The highest BCUT2D eigenvalue weighted by molar-refractivity contribution is 5.85. The standard InChI is InChI=1S/C18H22FN3O2/c1-18(2,3)24-17(23)21-16-10-9-13(11-15(16)19)12-20-22-14-7-5-4-6-8-14/h4-11,20,22H,12H2,1-3H3,(H,21,23). The van der Waals surface area contributed by atoms with E-state index >= 15 is 0 Å². The van der Waals surface area contributed by atoms with Gasteiger partial charge in [0, 0.05) is 12.2 Å². The molecule has 0 aliphatic carbocycles. The van der Waals surface area contributed by atoms with Crippen molar-refractivity contribution in [1.29, 1.82) is 0 Å². The van der Waals surface area contributed by atoms with E-state index in [1.165, 1.54) is 12.1 Å². The van der Waals surface area contributed by atoms with Gasteiger partial charge in [-0.1, -0.05) is 24.3 Å². The molecule has 5 nitrogen and oxygen atoms in total. The molecule has 2 aromatic rings. The smallest absolute Gasteiger partial charge is 0.412 e. The predicted octanol–water partition coefficient (Wildman–Crippen LogP) is 4.29. The number of ether oxygens (including phenoxy) is 1. The van der Waals surface area contributed by atoms with Crippen LogP contribution in [0.5, 0.6) is 0 Å². The molecule has 1 amide bonds. The van der Waals surface area contributed by atoms with E-state index in [9.17, 15) is 9.18 Å². The second-order valence-electron chi connectivity index (χ2n) is 6.29. The molecule has 128 valence electrons. The number of anilines is 2. The molecule has 2 rings (SSSR count). The summed E-state index contributed by atoms with van der Waals surface area (Å²) in [4.78, 5) is 11.7. The van der Waals surface area contributed by atoms with Crippen LogP contribution in [0.15, 0.2) is 48.5 Å². The maximum Gasteiger partial charge on any atom is 0.412 e. The highest BCUT2D eigenvalue weighted by Gasteiger charge is 2.17. The Labute approximate surface area is 141 Å². The summed E-state index contributed by atoms with van der Waals surface area (Å²) in [7, 11) is 0. The fourth-order valence-electron chi connectivity index (χ4n) is 1.95. The molecular formula is C18H22FN3O2. The SMILES string of the molecule is CC(C)(C)OC(=O)Nc1ccc(CNNc2ccccc2)cc1F. The van der Waals surface area contributed by atoms with Crippen LogP contribution in [-0.2, 0) is 11.3 Å². The Hall–Kier alpha value is -2.60. The molecule has 0 aliphatic heterocycles. The van der Waals surface area contributed by atoms with Gasteiger partial charge < -0.3 is 10.2 Å². The molecule has 0 atom stereocenters. The first-order valence-electron chi connectivity index (χ1n) is 7.66. The van der Waals surface area contributed by atoms with Crippen molar-refractivity contribution in [3.63, 3.8) is 0 Å². The van der Waals surface area contributed by atoms with Gasteiger partial charge in [-0.05, 0) is 50.6 Å². The Morgan fingerprint density at radius 1 is 1.12 bits per heavy atom. The van der Waals surface area contributed by atoms with Crippen LogP contribution in [0.1, 0.15) is 26.3 Å². The van der Waals surface area contributed by atoms with Crippen LogP contribution in [0.3, 0.4) is 0 Å². The molecule has 0 aromatic heterocycles. The van der Waals surface area contributed by atoms with Crippen molar-refractivity contribution in [2.24, 2.45) is 0 Å². The molecule has 3 N–H and O–H groups in total. The van der Waals surface area contributed by atoms with E-state index in [0.717, 1.165) is 11.3 Å². The number of para-hydroxylation sites is 1. The lowest BCUT2D eigenvalue weighted by atomic mass is 10.2. The highest BCUT2D eigenvalue weighted by Crippen LogP contribution is 2.17. The van der Waals surface area contributed by atoms with Gasteiger partial charge in [0.15, 0.2) is 0 Å².